The van der Waals surface area contributed by atoms with Crippen molar-refractivity contribution in [3.8, 4) is 0 Å². The van der Waals surface area contributed by atoms with Gasteiger partial charge in [0, 0.05) is 42.8 Å². The molecule has 94 valence electrons. The zero-order valence-corrected chi connectivity index (χ0v) is 11.4. The molecule has 0 spiro atoms. The van der Waals surface area contributed by atoms with E-state index in [4.69, 9.17) is 0 Å². The van der Waals surface area contributed by atoms with Crippen molar-refractivity contribution in [1.82, 2.24) is 9.62 Å². The lowest BCUT2D eigenvalue weighted by atomic mass is 10.3. The molecule has 4 heteroatoms. The third-order valence-electron chi connectivity index (χ3n) is 2.62. The first kappa shape index (κ1) is 12.7. The van der Waals surface area contributed by atoms with E-state index in [9.17, 15) is 0 Å². The van der Waals surface area contributed by atoms with Gasteiger partial charge in [-0.3, -0.25) is 0 Å². The molecule has 1 heterocycles. The number of hydrogen-bond acceptors (Lipinski definition) is 4. The van der Waals surface area contributed by atoms with Crippen molar-refractivity contribution in [1.29, 1.82) is 0 Å². The SMILES string of the molecule is CC(C)Nc1ccc(SN2CCNCC2)cc1. The van der Waals surface area contributed by atoms with Gasteiger partial charge in [0.15, 0.2) is 0 Å². The topological polar surface area (TPSA) is 27.3 Å². The average Bonchev–Trinajstić information content (AvgIpc) is 2.32. The van der Waals surface area contributed by atoms with Gasteiger partial charge in [0.05, 0.1) is 0 Å². The first-order valence-corrected chi connectivity index (χ1v) is 7.01. The highest BCUT2D eigenvalue weighted by Crippen LogP contribution is 2.24. The van der Waals surface area contributed by atoms with Crippen LogP contribution in [0.3, 0.4) is 0 Å². The standard InChI is InChI=1S/C13H21N3S/c1-11(2)15-12-3-5-13(6-4-12)17-16-9-7-14-8-10-16/h3-6,11,14-15H,7-10H2,1-2H3. The summed E-state index contributed by atoms with van der Waals surface area (Å²) < 4.78 is 2.42. The smallest absolute Gasteiger partial charge is 0.0342 e. The number of nitrogens with zero attached hydrogens (tertiary/aromatic N) is 1. The molecule has 0 saturated carbocycles. The number of piperazine rings is 1. The summed E-state index contributed by atoms with van der Waals surface area (Å²) >= 11 is 1.86. The van der Waals surface area contributed by atoms with Gasteiger partial charge in [0.1, 0.15) is 0 Å². The second-order valence-corrected chi connectivity index (χ2v) is 5.76. The molecule has 0 aliphatic carbocycles. The summed E-state index contributed by atoms with van der Waals surface area (Å²) in [6, 6.07) is 9.19. The number of anilines is 1. The monoisotopic (exact) mass is 251 g/mol. The summed E-state index contributed by atoms with van der Waals surface area (Å²) in [5, 5.41) is 6.77. The molecular weight excluding hydrogens is 230 g/mol. The van der Waals surface area contributed by atoms with Crippen LogP contribution in [0.5, 0.6) is 0 Å². The molecule has 1 saturated heterocycles. The van der Waals surface area contributed by atoms with Crippen molar-refractivity contribution in [2.24, 2.45) is 0 Å². The molecule has 0 atom stereocenters. The maximum atomic E-state index is 3.40. The summed E-state index contributed by atoms with van der Waals surface area (Å²) in [6.07, 6.45) is 0. The fourth-order valence-corrected chi connectivity index (χ4v) is 2.75. The predicted octanol–water partition coefficient (Wildman–Crippen LogP) is 2.42. The van der Waals surface area contributed by atoms with E-state index in [1.165, 1.54) is 10.6 Å². The molecule has 17 heavy (non-hydrogen) atoms. The molecule has 1 aliphatic rings. The van der Waals surface area contributed by atoms with Crippen molar-refractivity contribution in [3.05, 3.63) is 24.3 Å². The molecular formula is C13H21N3S. The van der Waals surface area contributed by atoms with Crippen LogP contribution < -0.4 is 10.6 Å². The molecule has 1 aliphatic heterocycles. The molecule has 1 aromatic carbocycles. The van der Waals surface area contributed by atoms with E-state index in [2.05, 4.69) is 53.1 Å². The minimum atomic E-state index is 0.488. The van der Waals surface area contributed by atoms with Gasteiger partial charge >= 0.3 is 0 Å². The van der Waals surface area contributed by atoms with E-state index in [1.807, 2.05) is 11.9 Å². The van der Waals surface area contributed by atoms with Crippen LogP contribution in [0.25, 0.3) is 0 Å². The average molecular weight is 251 g/mol. The molecule has 3 nitrogen and oxygen atoms in total. The Hall–Kier alpha value is -0.710. The van der Waals surface area contributed by atoms with Gasteiger partial charge in [0.25, 0.3) is 0 Å². The van der Waals surface area contributed by atoms with Gasteiger partial charge in [-0.2, -0.15) is 0 Å². The van der Waals surface area contributed by atoms with Crippen molar-refractivity contribution >= 4 is 17.6 Å². The third-order valence-corrected chi connectivity index (χ3v) is 3.73. The number of nitrogens with one attached hydrogen (secondary N) is 2. The molecule has 0 radical (unpaired) electrons. The largest absolute Gasteiger partial charge is 0.383 e. The Morgan fingerprint density at radius 3 is 2.41 bits per heavy atom. The van der Waals surface area contributed by atoms with Crippen molar-refractivity contribution in [3.63, 3.8) is 0 Å². The summed E-state index contributed by atoms with van der Waals surface area (Å²) in [7, 11) is 0. The second kappa shape index (κ2) is 6.28. The highest BCUT2D eigenvalue weighted by molar-refractivity contribution is 7.97. The Morgan fingerprint density at radius 2 is 1.82 bits per heavy atom. The lowest BCUT2D eigenvalue weighted by Crippen LogP contribution is -2.39. The Morgan fingerprint density at radius 1 is 1.18 bits per heavy atom. The predicted molar refractivity (Wildman–Crippen MR) is 75.5 cm³/mol. The van der Waals surface area contributed by atoms with E-state index in [0.717, 1.165) is 26.2 Å². The fraction of sp³-hybridized carbons (Fsp3) is 0.538. The fourth-order valence-electron chi connectivity index (χ4n) is 1.83. The molecule has 0 bridgehead atoms. The summed E-state index contributed by atoms with van der Waals surface area (Å²) in [5.74, 6) is 0. The van der Waals surface area contributed by atoms with Crippen molar-refractivity contribution in [2.45, 2.75) is 24.8 Å². The maximum absolute atomic E-state index is 3.40. The van der Waals surface area contributed by atoms with Crippen LogP contribution in [-0.2, 0) is 0 Å². The summed E-state index contributed by atoms with van der Waals surface area (Å²) in [6.45, 7) is 8.75. The van der Waals surface area contributed by atoms with Crippen LogP contribution in [0.2, 0.25) is 0 Å². The van der Waals surface area contributed by atoms with Gasteiger partial charge < -0.3 is 10.6 Å². The Balaban J connectivity index is 1.88. The van der Waals surface area contributed by atoms with Crippen LogP contribution in [0.4, 0.5) is 5.69 Å². The summed E-state index contributed by atoms with van der Waals surface area (Å²) in [4.78, 5) is 1.32. The lowest BCUT2D eigenvalue weighted by Gasteiger charge is -2.25. The minimum Gasteiger partial charge on any atom is -0.383 e. The van der Waals surface area contributed by atoms with Gasteiger partial charge in [-0.1, -0.05) is 0 Å². The first-order valence-electron chi connectivity index (χ1n) is 6.24. The maximum Gasteiger partial charge on any atom is 0.0342 e. The van der Waals surface area contributed by atoms with Gasteiger partial charge in [-0.15, -0.1) is 0 Å². The molecule has 1 fully saturated rings. The van der Waals surface area contributed by atoms with Gasteiger partial charge in [-0.05, 0) is 50.1 Å². The zero-order valence-electron chi connectivity index (χ0n) is 10.6. The van der Waals surface area contributed by atoms with E-state index < -0.39 is 0 Å². The second-order valence-electron chi connectivity index (χ2n) is 4.59. The van der Waals surface area contributed by atoms with Crippen LogP contribution in [0.15, 0.2) is 29.2 Å². The Kier molecular flexibility index (Phi) is 4.71. The molecule has 0 unspecified atom stereocenters. The highest BCUT2D eigenvalue weighted by atomic mass is 32.2. The third kappa shape index (κ3) is 4.22. The van der Waals surface area contributed by atoms with Crippen LogP contribution in [-0.4, -0.2) is 36.5 Å². The normalized spacial score (nSPS) is 17.4. The van der Waals surface area contributed by atoms with Crippen LogP contribution in [0.1, 0.15) is 13.8 Å². The Labute approximate surface area is 108 Å². The molecule has 1 aromatic rings. The molecule has 0 aromatic heterocycles. The Bertz CT molecular complexity index is 331. The van der Waals surface area contributed by atoms with Crippen molar-refractivity contribution in [2.75, 3.05) is 31.5 Å². The number of benzene rings is 1. The van der Waals surface area contributed by atoms with Gasteiger partial charge in [0.2, 0.25) is 0 Å². The summed E-state index contributed by atoms with van der Waals surface area (Å²) in [5.41, 5.74) is 1.20. The molecule has 2 rings (SSSR count). The van der Waals surface area contributed by atoms with Crippen LogP contribution >= 0.6 is 11.9 Å². The first-order chi connectivity index (χ1) is 8.24. The minimum absolute atomic E-state index is 0.488. The molecule has 2 N–H and O–H groups in total. The lowest BCUT2D eigenvalue weighted by molar-refractivity contribution is 0.396. The number of rotatable bonds is 4. The van der Waals surface area contributed by atoms with E-state index in [1.54, 1.807) is 0 Å². The van der Waals surface area contributed by atoms with E-state index >= 15 is 0 Å². The van der Waals surface area contributed by atoms with Gasteiger partial charge in [-0.25, -0.2) is 4.31 Å². The highest BCUT2D eigenvalue weighted by Gasteiger charge is 2.10. The zero-order chi connectivity index (χ0) is 12.1. The number of hydrogen-bond donors (Lipinski definition) is 2. The van der Waals surface area contributed by atoms with E-state index in [-0.39, 0.29) is 0 Å². The quantitative estimate of drug-likeness (QED) is 0.804. The van der Waals surface area contributed by atoms with E-state index in [0.29, 0.717) is 6.04 Å². The van der Waals surface area contributed by atoms with Crippen LogP contribution in [0, 0.1) is 0 Å². The molecule has 0 amide bonds. The van der Waals surface area contributed by atoms with Crippen molar-refractivity contribution < 1.29 is 0 Å².